The summed E-state index contributed by atoms with van der Waals surface area (Å²) in [6, 6.07) is 9.49. The van der Waals surface area contributed by atoms with Gasteiger partial charge in [-0.25, -0.2) is 9.97 Å². The fourth-order valence-corrected chi connectivity index (χ4v) is 3.43. The minimum absolute atomic E-state index is 0.0362. The lowest BCUT2D eigenvalue weighted by molar-refractivity contribution is -0.137. The average molecular weight is 462 g/mol. The van der Waals surface area contributed by atoms with Crippen molar-refractivity contribution in [3.8, 4) is 11.5 Å². The van der Waals surface area contributed by atoms with Crippen molar-refractivity contribution in [2.45, 2.75) is 12.6 Å². The van der Waals surface area contributed by atoms with E-state index in [2.05, 4.69) is 20.6 Å². The van der Waals surface area contributed by atoms with Gasteiger partial charge in [0, 0.05) is 18.8 Å². The van der Waals surface area contributed by atoms with Gasteiger partial charge in [-0.15, -0.1) is 0 Å². The number of ether oxygens (including phenoxy) is 1. The molecule has 0 radical (unpaired) electrons. The van der Waals surface area contributed by atoms with E-state index in [-0.39, 0.29) is 16.5 Å². The molecule has 10 heteroatoms. The number of fused-ring (bicyclic) bond motifs is 1. The van der Waals surface area contributed by atoms with Crippen LogP contribution in [0.5, 0.6) is 11.5 Å². The molecule has 0 atom stereocenters. The number of aromatic nitrogens is 2. The largest absolute Gasteiger partial charge is 0.456 e. The van der Waals surface area contributed by atoms with Crippen LogP contribution in [0, 0.1) is 0 Å². The monoisotopic (exact) mass is 461 g/mol. The summed E-state index contributed by atoms with van der Waals surface area (Å²) < 4.78 is 44.3. The lowest BCUT2D eigenvalue weighted by Gasteiger charge is -2.14. The highest BCUT2D eigenvalue weighted by Crippen LogP contribution is 2.36. The highest BCUT2D eigenvalue weighted by molar-refractivity contribution is 6.32. The first-order chi connectivity index (χ1) is 15.3. The van der Waals surface area contributed by atoms with Crippen molar-refractivity contribution in [2.75, 3.05) is 23.7 Å². The third kappa shape index (κ3) is 4.95. The number of hydrogen-bond donors (Lipinski definition) is 3. The number of hydrogen-bond acceptors (Lipinski definition) is 6. The molecule has 32 heavy (non-hydrogen) atoms. The molecule has 0 saturated heterocycles. The van der Waals surface area contributed by atoms with Gasteiger partial charge in [-0.3, -0.25) is 0 Å². The summed E-state index contributed by atoms with van der Waals surface area (Å²) >= 11 is 6.33. The predicted octanol–water partition coefficient (Wildman–Crippen LogP) is 5.84. The van der Waals surface area contributed by atoms with Crippen LogP contribution in [-0.4, -0.2) is 23.1 Å². The Morgan fingerprint density at radius 1 is 1.16 bits per heavy atom. The van der Waals surface area contributed by atoms with Crippen LogP contribution in [0.2, 0.25) is 5.02 Å². The molecule has 0 amide bonds. The zero-order chi connectivity index (χ0) is 22.7. The van der Waals surface area contributed by atoms with Crippen molar-refractivity contribution >= 4 is 35.0 Å². The second-order valence-electron chi connectivity index (χ2n) is 7.07. The van der Waals surface area contributed by atoms with Crippen molar-refractivity contribution in [1.82, 2.24) is 9.97 Å². The first-order valence-corrected chi connectivity index (χ1v) is 10.1. The highest BCUT2D eigenvalue weighted by atomic mass is 35.5. The zero-order valence-corrected chi connectivity index (χ0v) is 17.5. The minimum atomic E-state index is -4.46. The normalized spacial score (nSPS) is 13.5. The molecule has 2 aromatic carbocycles. The number of halogens is 4. The maximum absolute atomic E-state index is 12.9. The maximum atomic E-state index is 12.9. The Hall–Kier alpha value is -3.30. The van der Waals surface area contributed by atoms with Crippen LogP contribution in [0.1, 0.15) is 17.5 Å². The summed E-state index contributed by atoms with van der Waals surface area (Å²) in [6.45, 7) is 1.16. The minimum Gasteiger partial charge on any atom is -0.456 e. The van der Waals surface area contributed by atoms with Gasteiger partial charge in [-0.2, -0.15) is 13.2 Å². The van der Waals surface area contributed by atoms with Gasteiger partial charge in [0.05, 0.1) is 16.1 Å². The number of rotatable bonds is 5. The number of nitrogens with one attached hydrogen (secondary N) is 2. The van der Waals surface area contributed by atoms with E-state index < -0.39 is 11.7 Å². The Kier molecular flexibility index (Phi) is 6.20. The molecule has 4 N–H and O–H groups in total. The summed E-state index contributed by atoms with van der Waals surface area (Å²) in [4.78, 5) is 8.60. The van der Waals surface area contributed by atoms with Gasteiger partial charge >= 0.3 is 6.18 Å². The molecule has 0 bridgehead atoms. The van der Waals surface area contributed by atoms with Crippen LogP contribution in [0.25, 0.3) is 6.08 Å². The zero-order valence-electron chi connectivity index (χ0n) is 16.7. The van der Waals surface area contributed by atoms with Crippen molar-refractivity contribution in [1.29, 1.82) is 0 Å². The Morgan fingerprint density at radius 2 is 2.00 bits per heavy atom. The molecule has 2 heterocycles. The van der Waals surface area contributed by atoms with Gasteiger partial charge in [0.1, 0.15) is 29.5 Å². The topological polar surface area (TPSA) is 85.1 Å². The number of nitrogens with two attached hydrogens (primary N) is 1. The number of alkyl halides is 3. The van der Waals surface area contributed by atoms with Crippen molar-refractivity contribution in [3.05, 3.63) is 70.5 Å². The maximum Gasteiger partial charge on any atom is 0.416 e. The van der Waals surface area contributed by atoms with Crippen molar-refractivity contribution in [3.63, 3.8) is 0 Å². The summed E-state index contributed by atoms with van der Waals surface area (Å²) in [5.41, 5.74) is 7.49. The molecule has 1 aromatic heterocycles. The SMILES string of the molecule is NCC1=Cc2c(ncnc2Nc2ccc(Oc3cccc(C(F)(F)F)c3)c(Cl)c2)NCC1. The summed E-state index contributed by atoms with van der Waals surface area (Å²) in [5, 5.41) is 6.68. The molecule has 0 fully saturated rings. The lowest BCUT2D eigenvalue weighted by atomic mass is 10.1. The summed E-state index contributed by atoms with van der Waals surface area (Å²) in [6.07, 6.45) is -0.244. The molecule has 166 valence electrons. The highest BCUT2D eigenvalue weighted by Gasteiger charge is 2.30. The Balaban J connectivity index is 1.57. The van der Waals surface area contributed by atoms with Gasteiger partial charge in [-0.1, -0.05) is 23.2 Å². The quantitative estimate of drug-likeness (QED) is 0.442. The summed E-state index contributed by atoms with van der Waals surface area (Å²) in [5.74, 6) is 1.53. The second-order valence-corrected chi connectivity index (χ2v) is 7.47. The molecule has 4 rings (SSSR count). The summed E-state index contributed by atoms with van der Waals surface area (Å²) in [7, 11) is 0. The van der Waals surface area contributed by atoms with Crippen molar-refractivity contribution in [2.24, 2.45) is 5.73 Å². The molecule has 6 nitrogen and oxygen atoms in total. The van der Waals surface area contributed by atoms with Gasteiger partial charge in [0.25, 0.3) is 0 Å². The van der Waals surface area contributed by atoms with E-state index in [0.29, 0.717) is 23.9 Å². The fraction of sp³-hybridized carbons (Fsp3) is 0.182. The van der Waals surface area contributed by atoms with E-state index in [1.54, 1.807) is 18.2 Å². The van der Waals surface area contributed by atoms with Crippen LogP contribution in [0.4, 0.5) is 30.5 Å². The van der Waals surface area contributed by atoms with E-state index in [1.165, 1.54) is 18.5 Å². The number of anilines is 3. The average Bonchev–Trinajstić information content (AvgIpc) is 2.98. The molecule has 0 spiro atoms. The molecule has 0 saturated carbocycles. The van der Waals surface area contributed by atoms with Crippen LogP contribution >= 0.6 is 11.6 Å². The number of benzene rings is 2. The molecule has 0 unspecified atom stereocenters. The third-order valence-electron chi connectivity index (χ3n) is 4.82. The van der Waals surface area contributed by atoms with Crippen LogP contribution in [0.3, 0.4) is 0 Å². The molecule has 1 aliphatic heterocycles. The molecule has 0 aliphatic carbocycles. The molecular weight excluding hydrogens is 443 g/mol. The fourth-order valence-electron chi connectivity index (χ4n) is 3.21. The second kappa shape index (κ2) is 9.05. The Labute approximate surface area is 187 Å². The van der Waals surface area contributed by atoms with E-state index in [9.17, 15) is 13.2 Å². The number of nitrogens with zero attached hydrogens (tertiary/aromatic N) is 2. The van der Waals surface area contributed by atoms with Crippen LogP contribution in [-0.2, 0) is 6.18 Å². The van der Waals surface area contributed by atoms with Gasteiger partial charge in [-0.05, 0) is 48.9 Å². The van der Waals surface area contributed by atoms with E-state index in [1.807, 2.05) is 6.08 Å². The van der Waals surface area contributed by atoms with Crippen molar-refractivity contribution < 1.29 is 17.9 Å². The molecule has 1 aliphatic rings. The Bertz CT molecular complexity index is 1170. The van der Waals surface area contributed by atoms with Gasteiger partial charge < -0.3 is 21.1 Å². The lowest BCUT2D eigenvalue weighted by Crippen LogP contribution is -2.07. The standard InChI is InChI=1S/C22H19ClF3N5O/c23-18-10-15(4-5-19(18)32-16-3-1-2-14(9-16)22(24,25)26)31-21-17-8-13(11-27)6-7-28-20(17)29-12-30-21/h1-5,8-10,12H,6-7,11,27H2,(H2,28,29,30,31). The molecule has 3 aromatic rings. The first-order valence-electron chi connectivity index (χ1n) is 9.73. The van der Waals surface area contributed by atoms with Crippen LogP contribution < -0.4 is 21.1 Å². The van der Waals surface area contributed by atoms with Crippen LogP contribution in [0.15, 0.2) is 54.4 Å². The predicted molar refractivity (Wildman–Crippen MR) is 118 cm³/mol. The molecular formula is C22H19ClF3N5O. The van der Waals surface area contributed by atoms with E-state index in [4.69, 9.17) is 22.1 Å². The van der Waals surface area contributed by atoms with Gasteiger partial charge in [0.2, 0.25) is 0 Å². The smallest absolute Gasteiger partial charge is 0.416 e. The first kappa shape index (κ1) is 21.9. The third-order valence-corrected chi connectivity index (χ3v) is 5.11. The van der Waals surface area contributed by atoms with E-state index in [0.717, 1.165) is 36.2 Å². The van der Waals surface area contributed by atoms with Gasteiger partial charge in [0.15, 0.2) is 0 Å². The van der Waals surface area contributed by atoms with E-state index >= 15 is 0 Å². The Morgan fingerprint density at radius 3 is 2.75 bits per heavy atom.